The van der Waals surface area contributed by atoms with Gasteiger partial charge in [-0.3, -0.25) is 4.98 Å². The van der Waals surface area contributed by atoms with Gasteiger partial charge in [-0.05, 0) is 28.8 Å². The number of rotatable bonds is 12. The molecule has 0 bridgehead atoms. The number of allylic oxidation sites excluding steroid dienone is 1. The number of nitrogens with zero attached hydrogens (tertiary/aromatic N) is 2. The lowest BCUT2D eigenvalue weighted by atomic mass is 10.2. The summed E-state index contributed by atoms with van der Waals surface area (Å²) < 4.78 is 33.4. The number of hydrogen-bond acceptors (Lipinski definition) is 8. The molecule has 3 N–H and O–H groups in total. The van der Waals surface area contributed by atoms with Gasteiger partial charge < -0.3 is 10.5 Å². The minimum atomic E-state index is -3.65. The molecule has 0 amide bonds. The lowest BCUT2D eigenvalue weighted by molar-refractivity contribution is 0.196. The van der Waals surface area contributed by atoms with Crippen molar-refractivity contribution < 1.29 is 13.2 Å². The van der Waals surface area contributed by atoms with Crippen LogP contribution in [0.2, 0.25) is 0 Å². The monoisotopic (exact) mass is 466 g/mol. The Labute approximate surface area is 185 Å². The van der Waals surface area contributed by atoms with E-state index in [1.165, 1.54) is 34.0 Å². The number of aliphatic imine (C=N–C) groups is 1. The highest BCUT2D eigenvalue weighted by atomic mass is 33.1. The first-order valence-electron chi connectivity index (χ1n) is 9.24. The SMILES string of the molecule is C=C(N=C/C(=C\N)OCC(C)C)SSCCNS(=O)(=O)c1cccc2cccnc12. The van der Waals surface area contributed by atoms with Crippen molar-refractivity contribution in [2.75, 3.05) is 18.9 Å². The first kappa shape index (κ1) is 24.3. The molecule has 0 fully saturated rings. The predicted molar refractivity (Wildman–Crippen MR) is 128 cm³/mol. The summed E-state index contributed by atoms with van der Waals surface area (Å²) in [6.07, 6.45) is 4.46. The molecule has 0 radical (unpaired) electrons. The Kier molecular flexibility index (Phi) is 9.70. The van der Waals surface area contributed by atoms with E-state index in [9.17, 15) is 8.42 Å². The van der Waals surface area contributed by atoms with Crippen LogP contribution in [-0.4, -0.2) is 38.5 Å². The van der Waals surface area contributed by atoms with E-state index in [-0.39, 0.29) is 11.4 Å². The zero-order chi connectivity index (χ0) is 22.0. The van der Waals surface area contributed by atoms with Gasteiger partial charge in [0, 0.05) is 30.1 Å². The summed E-state index contributed by atoms with van der Waals surface area (Å²) in [6.45, 7) is 8.77. The number of ether oxygens (including phenoxy) is 1. The second-order valence-electron chi connectivity index (χ2n) is 6.56. The first-order chi connectivity index (χ1) is 14.3. The van der Waals surface area contributed by atoms with E-state index in [0.29, 0.717) is 34.6 Å². The largest absolute Gasteiger partial charge is 0.490 e. The van der Waals surface area contributed by atoms with Crippen molar-refractivity contribution >= 4 is 48.7 Å². The van der Waals surface area contributed by atoms with Gasteiger partial charge in [-0.1, -0.05) is 49.4 Å². The normalized spacial score (nSPS) is 12.7. The smallest absolute Gasteiger partial charge is 0.242 e. The second-order valence-corrected chi connectivity index (χ2v) is 10.8. The maximum Gasteiger partial charge on any atom is 0.242 e. The van der Waals surface area contributed by atoms with Crippen LogP contribution in [0.5, 0.6) is 0 Å². The summed E-state index contributed by atoms with van der Waals surface area (Å²) in [4.78, 5) is 8.58. The molecular weight excluding hydrogens is 440 g/mol. The average Bonchev–Trinajstić information content (AvgIpc) is 2.73. The Balaban J connectivity index is 1.79. The third kappa shape index (κ3) is 7.67. The highest BCUT2D eigenvalue weighted by molar-refractivity contribution is 8.78. The second kappa shape index (κ2) is 12.0. The van der Waals surface area contributed by atoms with Gasteiger partial charge in [0.15, 0.2) is 5.76 Å². The molecule has 0 saturated carbocycles. The molecule has 30 heavy (non-hydrogen) atoms. The molecule has 0 atom stereocenters. The lowest BCUT2D eigenvalue weighted by Crippen LogP contribution is -2.26. The highest BCUT2D eigenvalue weighted by Gasteiger charge is 2.17. The molecule has 7 nitrogen and oxygen atoms in total. The molecule has 0 aliphatic carbocycles. The first-order valence-corrected chi connectivity index (χ1v) is 13.0. The Morgan fingerprint density at radius 3 is 2.87 bits per heavy atom. The molecule has 1 heterocycles. The Bertz CT molecular complexity index is 1020. The van der Waals surface area contributed by atoms with E-state index in [0.717, 1.165) is 5.39 Å². The van der Waals surface area contributed by atoms with Crippen LogP contribution in [0.3, 0.4) is 0 Å². The molecule has 10 heteroatoms. The van der Waals surface area contributed by atoms with Crippen LogP contribution in [0.1, 0.15) is 13.8 Å². The summed E-state index contributed by atoms with van der Waals surface area (Å²) in [6, 6.07) is 8.70. The van der Waals surface area contributed by atoms with Gasteiger partial charge in [0.05, 0.1) is 23.4 Å². The fourth-order valence-corrected chi connectivity index (χ4v) is 5.12. The van der Waals surface area contributed by atoms with Gasteiger partial charge in [0.25, 0.3) is 0 Å². The fraction of sp³-hybridized carbons (Fsp3) is 0.300. The zero-order valence-electron chi connectivity index (χ0n) is 16.9. The summed E-state index contributed by atoms with van der Waals surface area (Å²) in [5, 5.41) is 1.34. The molecular formula is C20H26N4O3S3. The van der Waals surface area contributed by atoms with Crippen molar-refractivity contribution in [2.24, 2.45) is 16.6 Å². The van der Waals surface area contributed by atoms with Gasteiger partial charge in [0.2, 0.25) is 10.0 Å². The van der Waals surface area contributed by atoms with Gasteiger partial charge in [-0.2, -0.15) is 0 Å². The molecule has 0 aliphatic rings. The number of hydrogen-bond donors (Lipinski definition) is 2. The number of nitrogens with one attached hydrogen (secondary N) is 1. The zero-order valence-corrected chi connectivity index (χ0v) is 19.4. The summed E-state index contributed by atoms with van der Waals surface area (Å²) in [7, 11) is -0.847. The van der Waals surface area contributed by atoms with Crippen molar-refractivity contribution in [2.45, 2.75) is 18.7 Å². The van der Waals surface area contributed by atoms with E-state index in [4.69, 9.17) is 10.5 Å². The Morgan fingerprint density at radius 2 is 2.13 bits per heavy atom. The van der Waals surface area contributed by atoms with Crippen LogP contribution < -0.4 is 10.5 Å². The number of nitrogens with two attached hydrogens (primary N) is 1. The number of benzene rings is 1. The van der Waals surface area contributed by atoms with E-state index < -0.39 is 10.0 Å². The third-order valence-electron chi connectivity index (χ3n) is 3.60. The minimum absolute atomic E-state index is 0.176. The van der Waals surface area contributed by atoms with E-state index in [2.05, 4.69) is 21.3 Å². The highest BCUT2D eigenvalue weighted by Crippen LogP contribution is 2.29. The van der Waals surface area contributed by atoms with E-state index >= 15 is 0 Å². The van der Waals surface area contributed by atoms with Crippen molar-refractivity contribution in [3.63, 3.8) is 0 Å². The van der Waals surface area contributed by atoms with Crippen LogP contribution in [-0.2, 0) is 14.8 Å². The summed E-state index contributed by atoms with van der Waals surface area (Å²) in [5.41, 5.74) is 5.98. The van der Waals surface area contributed by atoms with Gasteiger partial charge in [-0.25, -0.2) is 18.1 Å². The van der Waals surface area contributed by atoms with Crippen LogP contribution in [0.4, 0.5) is 0 Å². The van der Waals surface area contributed by atoms with Crippen molar-refractivity contribution in [1.29, 1.82) is 0 Å². The molecule has 2 rings (SSSR count). The molecule has 1 aromatic carbocycles. The van der Waals surface area contributed by atoms with Crippen LogP contribution >= 0.6 is 21.6 Å². The number of sulfonamides is 1. The van der Waals surface area contributed by atoms with Crippen LogP contribution in [0, 0.1) is 5.92 Å². The Hall–Kier alpha value is -2.01. The minimum Gasteiger partial charge on any atom is -0.490 e. The number of aromatic nitrogens is 1. The van der Waals surface area contributed by atoms with Crippen molar-refractivity contribution in [3.8, 4) is 0 Å². The van der Waals surface area contributed by atoms with Crippen LogP contribution in [0.25, 0.3) is 10.9 Å². The van der Waals surface area contributed by atoms with Gasteiger partial charge >= 0.3 is 0 Å². The maximum atomic E-state index is 12.6. The van der Waals surface area contributed by atoms with Crippen molar-refractivity contribution in [1.82, 2.24) is 9.71 Å². The van der Waals surface area contributed by atoms with Gasteiger partial charge in [0.1, 0.15) is 4.90 Å². The summed E-state index contributed by atoms with van der Waals surface area (Å²) >= 11 is 0. The molecule has 2 aromatic rings. The molecule has 0 aliphatic heterocycles. The molecule has 1 aromatic heterocycles. The number of para-hydroxylation sites is 1. The van der Waals surface area contributed by atoms with Gasteiger partial charge in [-0.15, -0.1) is 0 Å². The third-order valence-corrected chi connectivity index (χ3v) is 7.31. The molecule has 0 saturated heterocycles. The fourth-order valence-electron chi connectivity index (χ4n) is 2.25. The Morgan fingerprint density at radius 1 is 1.37 bits per heavy atom. The quantitative estimate of drug-likeness (QED) is 0.211. The van der Waals surface area contributed by atoms with E-state index in [1.807, 2.05) is 26.0 Å². The topological polar surface area (TPSA) is 107 Å². The lowest BCUT2D eigenvalue weighted by Gasteiger charge is -2.09. The van der Waals surface area contributed by atoms with Crippen LogP contribution in [0.15, 0.2) is 70.0 Å². The summed E-state index contributed by atoms with van der Waals surface area (Å²) in [5.74, 6) is 1.40. The standard InChI is InChI=1S/C20H26N4O3S3/c1-15(2)14-27-18(12-21)13-23-16(3)29-28-11-10-24-30(25,26)19-8-4-6-17-7-5-9-22-20(17)19/h4-9,12-13,15,24H,3,10-11,14,21H2,1-2H3/b18-12+,23-13?. The maximum absolute atomic E-state index is 12.6. The average molecular weight is 467 g/mol. The van der Waals surface area contributed by atoms with E-state index in [1.54, 1.807) is 24.4 Å². The molecule has 162 valence electrons. The van der Waals surface area contributed by atoms with Crippen molar-refractivity contribution in [3.05, 3.63) is 60.1 Å². The number of fused-ring (bicyclic) bond motifs is 1. The predicted octanol–water partition coefficient (Wildman–Crippen LogP) is 3.91. The molecule has 0 spiro atoms. The number of pyridine rings is 1. The molecule has 0 unspecified atom stereocenters.